The molecule has 0 atom stereocenters. The molecule has 0 aromatic rings. The molecule has 0 unspecified atom stereocenters. The molecule has 0 saturated heterocycles. The second-order valence-corrected chi connectivity index (χ2v) is 3.29. The number of nitrogens with zero attached hydrogens (tertiary/aromatic N) is 2. The Hall–Kier alpha value is -0.0800. The maximum Gasteiger partial charge on any atom is 0.0130 e. The zero-order chi connectivity index (χ0) is 8.69. The minimum Gasteiger partial charge on any atom is -0.248 e. The Labute approximate surface area is 71.1 Å². The second kappa shape index (κ2) is 6.62. The van der Waals surface area contributed by atoms with Crippen molar-refractivity contribution in [1.29, 1.82) is 0 Å². The Morgan fingerprint density at radius 3 is 2.00 bits per heavy atom. The fourth-order valence-corrected chi connectivity index (χ4v) is 0.967. The van der Waals surface area contributed by atoms with Gasteiger partial charge in [0.15, 0.2) is 0 Å². The van der Waals surface area contributed by atoms with Gasteiger partial charge in [0.05, 0.1) is 0 Å². The first-order valence-corrected chi connectivity index (χ1v) is 4.56. The standard InChI is InChI=1S/C9H22N2/c1-5-6-7-8-9-11(4)10(2)3/h5-9H2,1-4H3. The Kier molecular flexibility index (Phi) is 6.57. The number of rotatable bonds is 6. The highest BCUT2D eigenvalue weighted by molar-refractivity contribution is 4.45. The summed E-state index contributed by atoms with van der Waals surface area (Å²) in [4.78, 5) is 0. The molecule has 0 heterocycles. The smallest absolute Gasteiger partial charge is 0.0130 e. The normalized spacial score (nSPS) is 11.5. The van der Waals surface area contributed by atoms with E-state index in [0.29, 0.717) is 0 Å². The quantitative estimate of drug-likeness (QED) is 0.431. The summed E-state index contributed by atoms with van der Waals surface area (Å²) in [5, 5.41) is 4.38. The summed E-state index contributed by atoms with van der Waals surface area (Å²) in [6.07, 6.45) is 5.39. The van der Waals surface area contributed by atoms with Gasteiger partial charge in [-0.2, -0.15) is 0 Å². The minimum atomic E-state index is 1.19. The van der Waals surface area contributed by atoms with E-state index in [9.17, 15) is 0 Å². The number of hydrazine groups is 1. The number of hydrogen-bond acceptors (Lipinski definition) is 2. The number of hydrogen-bond donors (Lipinski definition) is 0. The van der Waals surface area contributed by atoms with Crippen LogP contribution in [0, 0.1) is 0 Å². The van der Waals surface area contributed by atoms with E-state index in [0.717, 1.165) is 0 Å². The van der Waals surface area contributed by atoms with Gasteiger partial charge in [0, 0.05) is 27.7 Å². The molecule has 0 fully saturated rings. The van der Waals surface area contributed by atoms with Crippen LogP contribution in [0.3, 0.4) is 0 Å². The minimum absolute atomic E-state index is 1.19. The van der Waals surface area contributed by atoms with Crippen LogP contribution >= 0.6 is 0 Å². The molecule has 0 aliphatic carbocycles. The van der Waals surface area contributed by atoms with Crippen molar-refractivity contribution in [1.82, 2.24) is 10.0 Å². The van der Waals surface area contributed by atoms with Crippen molar-refractivity contribution in [2.24, 2.45) is 0 Å². The van der Waals surface area contributed by atoms with E-state index < -0.39 is 0 Å². The molecule has 0 radical (unpaired) electrons. The Morgan fingerprint density at radius 2 is 1.55 bits per heavy atom. The van der Waals surface area contributed by atoms with Crippen LogP contribution in [0.25, 0.3) is 0 Å². The molecule has 0 rings (SSSR count). The molecule has 0 bridgehead atoms. The zero-order valence-electron chi connectivity index (χ0n) is 8.43. The van der Waals surface area contributed by atoms with E-state index in [1.807, 2.05) is 0 Å². The summed E-state index contributed by atoms with van der Waals surface area (Å²) in [6.45, 7) is 3.43. The van der Waals surface area contributed by atoms with Gasteiger partial charge in [-0.15, -0.1) is 0 Å². The topological polar surface area (TPSA) is 6.48 Å². The maximum absolute atomic E-state index is 2.25. The molecule has 2 heteroatoms. The average Bonchev–Trinajstić information content (AvgIpc) is 1.97. The van der Waals surface area contributed by atoms with Crippen molar-refractivity contribution in [2.75, 3.05) is 27.7 Å². The fourth-order valence-electron chi connectivity index (χ4n) is 0.967. The van der Waals surface area contributed by atoms with Crippen molar-refractivity contribution in [3.8, 4) is 0 Å². The molecule has 0 aliphatic rings. The van der Waals surface area contributed by atoms with Gasteiger partial charge in [-0.25, -0.2) is 10.0 Å². The molecule has 2 nitrogen and oxygen atoms in total. The van der Waals surface area contributed by atoms with Crippen LogP contribution in [0.5, 0.6) is 0 Å². The first-order chi connectivity index (χ1) is 5.18. The van der Waals surface area contributed by atoms with E-state index in [-0.39, 0.29) is 0 Å². The van der Waals surface area contributed by atoms with Crippen molar-refractivity contribution in [3.05, 3.63) is 0 Å². The molecular formula is C9H22N2. The highest BCUT2D eigenvalue weighted by atomic mass is 15.6. The highest BCUT2D eigenvalue weighted by Gasteiger charge is 1.97. The third kappa shape index (κ3) is 6.32. The molecule has 0 N–H and O–H groups in total. The molecule has 0 aromatic carbocycles. The lowest BCUT2D eigenvalue weighted by molar-refractivity contribution is 0.0544. The van der Waals surface area contributed by atoms with Crippen LogP contribution in [0.4, 0.5) is 0 Å². The molecule has 0 amide bonds. The molecule has 0 saturated carbocycles. The van der Waals surface area contributed by atoms with Crippen LogP contribution in [0.2, 0.25) is 0 Å². The van der Waals surface area contributed by atoms with Crippen molar-refractivity contribution in [3.63, 3.8) is 0 Å². The molecule has 0 aromatic heterocycles. The highest BCUT2D eigenvalue weighted by Crippen LogP contribution is 2.00. The van der Waals surface area contributed by atoms with Gasteiger partial charge in [0.2, 0.25) is 0 Å². The van der Waals surface area contributed by atoms with Gasteiger partial charge in [0.1, 0.15) is 0 Å². The van der Waals surface area contributed by atoms with Gasteiger partial charge in [-0.05, 0) is 6.42 Å². The SMILES string of the molecule is CCCCCCN(C)N(C)C. The monoisotopic (exact) mass is 158 g/mol. The third-order valence-electron chi connectivity index (χ3n) is 2.02. The van der Waals surface area contributed by atoms with Gasteiger partial charge in [0.25, 0.3) is 0 Å². The zero-order valence-corrected chi connectivity index (χ0v) is 8.43. The Bertz CT molecular complexity index is 81.6. The lowest BCUT2D eigenvalue weighted by atomic mass is 10.2. The number of unbranched alkanes of at least 4 members (excludes halogenated alkanes) is 3. The first-order valence-electron chi connectivity index (χ1n) is 4.56. The molecular weight excluding hydrogens is 136 g/mol. The summed E-state index contributed by atoms with van der Waals surface area (Å²) < 4.78 is 0. The summed E-state index contributed by atoms with van der Waals surface area (Å²) in [5.74, 6) is 0. The van der Waals surface area contributed by atoms with E-state index >= 15 is 0 Å². The van der Waals surface area contributed by atoms with E-state index in [4.69, 9.17) is 0 Å². The van der Waals surface area contributed by atoms with Gasteiger partial charge in [-0.1, -0.05) is 26.2 Å². The molecule has 11 heavy (non-hydrogen) atoms. The van der Waals surface area contributed by atoms with Crippen molar-refractivity contribution < 1.29 is 0 Å². The summed E-state index contributed by atoms with van der Waals surface area (Å²) >= 11 is 0. The van der Waals surface area contributed by atoms with Gasteiger partial charge < -0.3 is 0 Å². The van der Waals surface area contributed by atoms with E-state index in [1.54, 1.807) is 0 Å². The van der Waals surface area contributed by atoms with E-state index in [1.165, 1.54) is 32.2 Å². The molecule has 0 spiro atoms. The molecule has 68 valence electrons. The lowest BCUT2D eigenvalue weighted by Gasteiger charge is -2.23. The predicted molar refractivity (Wildman–Crippen MR) is 50.5 cm³/mol. The lowest BCUT2D eigenvalue weighted by Crippen LogP contribution is -2.33. The summed E-state index contributed by atoms with van der Waals surface area (Å²) in [6, 6.07) is 0. The Morgan fingerprint density at radius 1 is 0.909 bits per heavy atom. The van der Waals surface area contributed by atoms with Crippen LogP contribution < -0.4 is 0 Å². The van der Waals surface area contributed by atoms with Crippen LogP contribution in [0.15, 0.2) is 0 Å². The van der Waals surface area contributed by atoms with Crippen LogP contribution in [-0.2, 0) is 0 Å². The van der Waals surface area contributed by atoms with Gasteiger partial charge >= 0.3 is 0 Å². The second-order valence-electron chi connectivity index (χ2n) is 3.29. The fraction of sp³-hybridized carbons (Fsp3) is 1.00. The van der Waals surface area contributed by atoms with Crippen LogP contribution in [-0.4, -0.2) is 37.7 Å². The van der Waals surface area contributed by atoms with Gasteiger partial charge in [-0.3, -0.25) is 0 Å². The van der Waals surface area contributed by atoms with Crippen molar-refractivity contribution in [2.45, 2.75) is 32.6 Å². The van der Waals surface area contributed by atoms with Crippen LogP contribution in [0.1, 0.15) is 32.6 Å². The molecule has 0 aliphatic heterocycles. The maximum atomic E-state index is 2.25. The first kappa shape index (κ1) is 10.9. The average molecular weight is 158 g/mol. The summed E-state index contributed by atoms with van der Waals surface area (Å²) in [7, 11) is 6.30. The predicted octanol–water partition coefficient (Wildman–Crippen LogP) is 1.98. The van der Waals surface area contributed by atoms with E-state index in [2.05, 4.69) is 38.1 Å². The van der Waals surface area contributed by atoms with Crippen molar-refractivity contribution >= 4 is 0 Å². The Balaban J connectivity index is 3.10. The third-order valence-corrected chi connectivity index (χ3v) is 2.02. The largest absolute Gasteiger partial charge is 0.248 e. The summed E-state index contributed by atoms with van der Waals surface area (Å²) in [5.41, 5.74) is 0.